The number of hydrogen-bond acceptors (Lipinski definition) is 3. The van der Waals surface area contributed by atoms with E-state index in [0.29, 0.717) is 6.29 Å². The van der Waals surface area contributed by atoms with E-state index in [1.807, 2.05) is 13.8 Å². The Morgan fingerprint density at radius 2 is 2.36 bits per heavy atom. The van der Waals surface area contributed by atoms with Crippen LogP contribution >= 0.6 is 0 Å². The van der Waals surface area contributed by atoms with Gasteiger partial charge in [0.15, 0.2) is 17.7 Å². The van der Waals surface area contributed by atoms with Crippen LogP contribution in [0.3, 0.4) is 0 Å². The van der Waals surface area contributed by atoms with Gasteiger partial charge in [-0.2, -0.15) is 5.10 Å². The Labute approximate surface area is 64.5 Å². The lowest BCUT2D eigenvalue weighted by atomic mass is 10.4. The summed E-state index contributed by atoms with van der Waals surface area (Å²) in [7, 11) is 0. The predicted octanol–water partition coefficient (Wildman–Crippen LogP) is 0.982. The van der Waals surface area contributed by atoms with Crippen LogP contribution in [0.1, 0.15) is 30.4 Å². The van der Waals surface area contributed by atoms with Crippen LogP contribution in [0.5, 0.6) is 5.75 Å². The van der Waals surface area contributed by atoms with Crippen molar-refractivity contribution in [2.45, 2.75) is 19.9 Å². The maximum absolute atomic E-state index is 10.2. The molecule has 0 aliphatic rings. The molecule has 60 valence electrons. The van der Waals surface area contributed by atoms with E-state index in [1.54, 1.807) is 4.68 Å². The first-order valence-electron chi connectivity index (χ1n) is 3.38. The molecule has 0 aliphatic carbocycles. The van der Waals surface area contributed by atoms with Crippen LogP contribution in [0.15, 0.2) is 6.20 Å². The van der Waals surface area contributed by atoms with Gasteiger partial charge in [0.05, 0.1) is 6.20 Å². The van der Waals surface area contributed by atoms with Crippen molar-refractivity contribution in [3.8, 4) is 5.75 Å². The molecule has 0 saturated carbocycles. The lowest BCUT2D eigenvalue weighted by Gasteiger charge is -2.01. The van der Waals surface area contributed by atoms with Crippen molar-refractivity contribution >= 4 is 6.29 Å². The van der Waals surface area contributed by atoms with Crippen LogP contribution in [-0.4, -0.2) is 21.2 Å². The Bertz CT molecular complexity index is 265. The third-order valence-electron chi connectivity index (χ3n) is 1.38. The second-order valence-corrected chi connectivity index (χ2v) is 2.59. The standard InChI is InChI=1S/C7H10N2O2/c1-5(2)9-3-7(11)6(4-10)8-9/h3-5,11H,1-2H3. The Morgan fingerprint density at radius 1 is 1.73 bits per heavy atom. The molecule has 0 aliphatic heterocycles. The number of aldehydes is 1. The number of carbonyl (C=O) groups excluding carboxylic acids is 1. The van der Waals surface area contributed by atoms with Crippen LogP contribution in [-0.2, 0) is 0 Å². The van der Waals surface area contributed by atoms with Gasteiger partial charge < -0.3 is 5.11 Å². The fourth-order valence-corrected chi connectivity index (χ4v) is 0.744. The van der Waals surface area contributed by atoms with Crippen molar-refractivity contribution in [2.24, 2.45) is 0 Å². The van der Waals surface area contributed by atoms with Crippen molar-refractivity contribution in [2.75, 3.05) is 0 Å². The molecule has 0 unspecified atom stereocenters. The van der Waals surface area contributed by atoms with E-state index in [-0.39, 0.29) is 17.5 Å². The van der Waals surface area contributed by atoms with E-state index in [9.17, 15) is 4.79 Å². The first-order valence-corrected chi connectivity index (χ1v) is 3.38. The van der Waals surface area contributed by atoms with Gasteiger partial charge in [0.25, 0.3) is 0 Å². The zero-order chi connectivity index (χ0) is 8.43. The van der Waals surface area contributed by atoms with Gasteiger partial charge in [-0.25, -0.2) is 0 Å². The molecule has 1 N–H and O–H groups in total. The second-order valence-electron chi connectivity index (χ2n) is 2.59. The van der Waals surface area contributed by atoms with E-state index in [1.165, 1.54) is 6.20 Å². The summed E-state index contributed by atoms with van der Waals surface area (Å²) < 4.78 is 1.54. The number of aromatic nitrogens is 2. The van der Waals surface area contributed by atoms with E-state index in [4.69, 9.17) is 5.11 Å². The summed E-state index contributed by atoms with van der Waals surface area (Å²) in [4.78, 5) is 10.2. The molecule has 1 aromatic rings. The second kappa shape index (κ2) is 2.74. The summed E-state index contributed by atoms with van der Waals surface area (Å²) in [6.07, 6.45) is 1.97. The Hall–Kier alpha value is -1.32. The quantitative estimate of drug-likeness (QED) is 0.646. The smallest absolute Gasteiger partial charge is 0.174 e. The number of hydrogen-bond donors (Lipinski definition) is 1. The van der Waals surface area contributed by atoms with Gasteiger partial charge in [-0.05, 0) is 13.8 Å². The third kappa shape index (κ3) is 1.39. The molecule has 0 fully saturated rings. The number of aromatic hydroxyl groups is 1. The highest BCUT2D eigenvalue weighted by molar-refractivity contribution is 5.75. The van der Waals surface area contributed by atoms with E-state index in [2.05, 4.69) is 5.10 Å². The minimum absolute atomic E-state index is 0.0614. The van der Waals surface area contributed by atoms with Gasteiger partial charge in [-0.15, -0.1) is 0 Å². The fraction of sp³-hybridized carbons (Fsp3) is 0.429. The lowest BCUT2D eigenvalue weighted by molar-refractivity contribution is 0.111. The molecule has 4 nitrogen and oxygen atoms in total. The highest BCUT2D eigenvalue weighted by Gasteiger charge is 2.07. The van der Waals surface area contributed by atoms with E-state index >= 15 is 0 Å². The molecule has 0 spiro atoms. The highest BCUT2D eigenvalue weighted by Crippen LogP contribution is 2.14. The van der Waals surface area contributed by atoms with Crippen molar-refractivity contribution in [1.29, 1.82) is 0 Å². The molecule has 0 saturated heterocycles. The van der Waals surface area contributed by atoms with Crippen LogP contribution in [0.25, 0.3) is 0 Å². The minimum atomic E-state index is -0.0614. The fourth-order valence-electron chi connectivity index (χ4n) is 0.744. The topological polar surface area (TPSA) is 55.1 Å². The number of carbonyl (C=O) groups is 1. The maximum Gasteiger partial charge on any atom is 0.174 e. The third-order valence-corrected chi connectivity index (χ3v) is 1.38. The molecule has 0 bridgehead atoms. The van der Waals surface area contributed by atoms with Gasteiger partial charge in [-0.3, -0.25) is 9.48 Å². The molecule has 1 heterocycles. The average Bonchev–Trinajstić information content (AvgIpc) is 2.31. The number of rotatable bonds is 2. The number of nitrogens with zero attached hydrogens (tertiary/aromatic N) is 2. The van der Waals surface area contributed by atoms with Gasteiger partial charge in [0.2, 0.25) is 0 Å². The molecule has 11 heavy (non-hydrogen) atoms. The zero-order valence-corrected chi connectivity index (χ0v) is 6.48. The summed E-state index contributed by atoms with van der Waals surface area (Å²) in [5, 5.41) is 12.9. The molecule has 0 aromatic carbocycles. The van der Waals surface area contributed by atoms with Crippen LogP contribution in [0, 0.1) is 0 Å². The van der Waals surface area contributed by atoms with Gasteiger partial charge in [0, 0.05) is 6.04 Å². The van der Waals surface area contributed by atoms with E-state index < -0.39 is 0 Å². The first-order chi connectivity index (χ1) is 5.15. The maximum atomic E-state index is 10.2. The molecular formula is C7H10N2O2. The van der Waals surface area contributed by atoms with Gasteiger partial charge >= 0.3 is 0 Å². The lowest BCUT2D eigenvalue weighted by Crippen LogP contribution is -2.01. The highest BCUT2D eigenvalue weighted by atomic mass is 16.3. The summed E-state index contributed by atoms with van der Waals surface area (Å²) >= 11 is 0. The zero-order valence-electron chi connectivity index (χ0n) is 6.48. The first kappa shape index (κ1) is 7.78. The average molecular weight is 154 g/mol. The van der Waals surface area contributed by atoms with Crippen LogP contribution < -0.4 is 0 Å². The van der Waals surface area contributed by atoms with Gasteiger partial charge in [-0.1, -0.05) is 0 Å². The molecular weight excluding hydrogens is 144 g/mol. The molecule has 4 heteroatoms. The summed E-state index contributed by atoms with van der Waals surface area (Å²) in [5.74, 6) is -0.0614. The molecule has 1 aromatic heterocycles. The Kier molecular flexibility index (Phi) is 1.94. The molecule has 0 amide bonds. The minimum Gasteiger partial charge on any atom is -0.504 e. The van der Waals surface area contributed by atoms with Crippen molar-refractivity contribution in [3.05, 3.63) is 11.9 Å². The molecule has 0 radical (unpaired) electrons. The normalized spacial score (nSPS) is 10.5. The molecule has 0 atom stereocenters. The van der Waals surface area contributed by atoms with Crippen molar-refractivity contribution in [3.63, 3.8) is 0 Å². The summed E-state index contributed by atoms with van der Waals surface area (Å²) in [5.41, 5.74) is 0.0960. The predicted molar refractivity (Wildman–Crippen MR) is 39.7 cm³/mol. The largest absolute Gasteiger partial charge is 0.504 e. The van der Waals surface area contributed by atoms with Crippen molar-refractivity contribution < 1.29 is 9.90 Å². The Balaban J connectivity index is 3.04. The van der Waals surface area contributed by atoms with E-state index in [0.717, 1.165) is 0 Å². The van der Waals surface area contributed by atoms with Crippen molar-refractivity contribution in [1.82, 2.24) is 9.78 Å². The van der Waals surface area contributed by atoms with Crippen LogP contribution in [0.4, 0.5) is 0 Å². The summed E-state index contributed by atoms with van der Waals surface area (Å²) in [6, 6.07) is 0.162. The van der Waals surface area contributed by atoms with Gasteiger partial charge in [0.1, 0.15) is 0 Å². The summed E-state index contributed by atoms with van der Waals surface area (Å²) in [6.45, 7) is 3.84. The monoisotopic (exact) mass is 154 g/mol. The Morgan fingerprint density at radius 3 is 2.64 bits per heavy atom. The SMILES string of the molecule is CC(C)n1cc(O)c(C=O)n1. The molecule has 1 rings (SSSR count). The van der Waals surface area contributed by atoms with Crippen LogP contribution in [0.2, 0.25) is 0 Å².